The van der Waals surface area contributed by atoms with E-state index in [1.54, 1.807) is 31.0 Å². The lowest BCUT2D eigenvalue weighted by molar-refractivity contribution is -0.125. The second kappa shape index (κ2) is 7.62. The van der Waals surface area contributed by atoms with Crippen LogP contribution in [0.3, 0.4) is 0 Å². The van der Waals surface area contributed by atoms with E-state index in [-0.39, 0.29) is 43.7 Å². The predicted octanol–water partition coefficient (Wildman–Crippen LogP) is 0.443. The molecule has 1 aliphatic rings. The zero-order chi connectivity index (χ0) is 16.8. The summed E-state index contributed by atoms with van der Waals surface area (Å²) in [4.78, 5) is 36.8. The fourth-order valence-electron chi connectivity index (χ4n) is 2.33. The predicted molar refractivity (Wildman–Crippen MR) is 85.2 cm³/mol. The molecule has 0 fully saturated rings. The summed E-state index contributed by atoms with van der Waals surface area (Å²) in [6, 6.07) is 7.25. The SMILES string of the molecule is CNC(=O)CCNC(=O)CCN1C(=O)[C@@H](C)Oc2ccccc21. The van der Waals surface area contributed by atoms with Gasteiger partial charge in [0, 0.05) is 33.0 Å². The Bertz CT molecular complexity index is 603. The Morgan fingerprint density at radius 1 is 1.22 bits per heavy atom. The van der Waals surface area contributed by atoms with Crippen molar-refractivity contribution >= 4 is 23.4 Å². The summed E-state index contributed by atoms with van der Waals surface area (Å²) in [5.74, 6) is 0.149. The van der Waals surface area contributed by atoms with Crippen LogP contribution >= 0.6 is 0 Å². The van der Waals surface area contributed by atoms with Crippen LogP contribution in [0.1, 0.15) is 19.8 Å². The number of anilines is 1. The number of carbonyl (C=O) groups excluding carboxylic acids is 3. The number of rotatable bonds is 6. The number of amides is 3. The average Bonchev–Trinajstić information content (AvgIpc) is 2.55. The van der Waals surface area contributed by atoms with Gasteiger partial charge in [0.05, 0.1) is 5.69 Å². The molecule has 124 valence electrons. The molecule has 0 spiro atoms. The lowest BCUT2D eigenvalue weighted by Crippen LogP contribution is -2.45. The standard InChI is InChI=1S/C16H21N3O4/c1-11-16(22)19(12-5-3-4-6-13(12)23-11)10-8-15(21)18-9-7-14(20)17-2/h3-6,11H,7-10H2,1-2H3,(H,17,20)(H,18,21)/t11-/m1/s1. The molecule has 1 atom stereocenters. The van der Waals surface area contributed by atoms with Crippen LogP contribution in [0, 0.1) is 0 Å². The van der Waals surface area contributed by atoms with E-state index in [1.807, 2.05) is 12.1 Å². The second-order valence-corrected chi connectivity index (χ2v) is 5.24. The summed E-state index contributed by atoms with van der Waals surface area (Å²) >= 11 is 0. The number of hydrogen-bond acceptors (Lipinski definition) is 4. The van der Waals surface area contributed by atoms with Crippen molar-refractivity contribution in [3.63, 3.8) is 0 Å². The van der Waals surface area contributed by atoms with Crippen molar-refractivity contribution < 1.29 is 19.1 Å². The molecule has 2 N–H and O–H groups in total. The maximum absolute atomic E-state index is 12.3. The third kappa shape index (κ3) is 4.21. The van der Waals surface area contributed by atoms with Crippen molar-refractivity contribution in [3.05, 3.63) is 24.3 Å². The van der Waals surface area contributed by atoms with Gasteiger partial charge in [0.15, 0.2) is 6.10 Å². The fourth-order valence-corrected chi connectivity index (χ4v) is 2.33. The smallest absolute Gasteiger partial charge is 0.267 e. The van der Waals surface area contributed by atoms with Crippen molar-refractivity contribution in [2.45, 2.75) is 25.9 Å². The summed E-state index contributed by atoms with van der Waals surface area (Å²) in [6.45, 7) is 2.24. The molecule has 1 aromatic rings. The van der Waals surface area contributed by atoms with Crippen LogP contribution in [0.25, 0.3) is 0 Å². The molecular weight excluding hydrogens is 298 g/mol. The topological polar surface area (TPSA) is 87.7 Å². The molecule has 0 radical (unpaired) electrons. The first-order chi connectivity index (χ1) is 11.0. The molecule has 1 aromatic carbocycles. The molecular formula is C16H21N3O4. The van der Waals surface area contributed by atoms with E-state index in [9.17, 15) is 14.4 Å². The van der Waals surface area contributed by atoms with Crippen molar-refractivity contribution in [2.24, 2.45) is 0 Å². The third-order valence-corrected chi connectivity index (χ3v) is 3.59. The number of nitrogens with one attached hydrogen (secondary N) is 2. The normalized spacial score (nSPS) is 16.3. The highest BCUT2D eigenvalue weighted by Crippen LogP contribution is 2.33. The summed E-state index contributed by atoms with van der Waals surface area (Å²) in [5.41, 5.74) is 0.675. The molecule has 0 saturated heterocycles. The maximum Gasteiger partial charge on any atom is 0.267 e. The highest BCUT2D eigenvalue weighted by atomic mass is 16.5. The van der Waals surface area contributed by atoms with Gasteiger partial charge in [-0.3, -0.25) is 14.4 Å². The second-order valence-electron chi connectivity index (χ2n) is 5.24. The van der Waals surface area contributed by atoms with Gasteiger partial charge < -0.3 is 20.3 Å². The van der Waals surface area contributed by atoms with Gasteiger partial charge in [0.25, 0.3) is 5.91 Å². The largest absolute Gasteiger partial charge is 0.479 e. The Balaban J connectivity index is 1.90. The van der Waals surface area contributed by atoms with E-state index < -0.39 is 6.10 Å². The van der Waals surface area contributed by atoms with Crippen molar-refractivity contribution in [3.8, 4) is 5.75 Å². The molecule has 2 rings (SSSR count). The first kappa shape index (κ1) is 16.8. The van der Waals surface area contributed by atoms with Gasteiger partial charge in [-0.25, -0.2) is 0 Å². The first-order valence-electron chi connectivity index (χ1n) is 7.57. The molecule has 0 aliphatic carbocycles. The number of nitrogens with zero attached hydrogens (tertiary/aromatic N) is 1. The molecule has 7 nitrogen and oxygen atoms in total. The first-order valence-corrected chi connectivity index (χ1v) is 7.57. The summed E-state index contributed by atoms with van der Waals surface area (Å²) < 4.78 is 5.55. The Labute approximate surface area is 135 Å². The monoisotopic (exact) mass is 319 g/mol. The minimum atomic E-state index is -0.568. The van der Waals surface area contributed by atoms with Crippen molar-refractivity contribution in [1.82, 2.24) is 10.6 Å². The molecule has 0 bridgehead atoms. The maximum atomic E-state index is 12.3. The highest BCUT2D eigenvalue weighted by Gasteiger charge is 2.31. The van der Waals surface area contributed by atoms with Gasteiger partial charge in [-0.2, -0.15) is 0 Å². The summed E-state index contributed by atoms with van der Waals surface area (Å²) in [5, 5.41) is 5.16. The number of benzene rings is 1. The van der Waals surface area contributed by atoms with E-state index in [1.165, 1.54) is 0 Å². The Kier molecular flexibility index (Phi) is 5.56. The van der Waals surface area contributed by atoms with Crippen LogP contribution < -0.4 is 20.3 Å². The third-order valence-electron chi connectivity index (χ3n) is 3.59. The molecule has 0 unspecified atom stereocenters. The number of carbonyl (C=O) groups is 3. The molecule has 1 aliphatic heterocycles. The fraction of sp³-hybridized carbons (Fsp3) is 0.438. The number of hydrogen-bond donors (Lipinski definition) is 2. The van der Waals surface area contributed by atoms with E-state index in [0.717, 1.165) is 0 Å². The van der Waals surface area contributed by atoms with E-state index >= 15 is 0 Å². The van der Waals surface area contributed by atoms with Crippen LogP contribution in [-0.4, -0.2) is 44.0 Å². The number of fused-ring (bicyclic) bond motifs is 1. The Morgan fingerprint density at radius 2 is 1.96 bits per heavy atom. The molecule has 0 saturated carbocycles. The van der Waals surface area contributed by atoms with Crippen molar-refractivity contribution in [2.75, 3.05) is 25.0 Å². The van der Waals surface area contributed by atoms with Gasteiger partial charge in [0.1, 0.15) is 5.75 Å². The van der Waals surface area contributed by atoms with E-state index in [2.05, 4.69) is 10.6 Å². The van der Waals surface area contributed by atoms with Crippen LogP contribution in [0.4, 0.5) is 5.69 Å². The van der Waals surface area contributed by atoms with Crippen LogP contribution in [-0.2, 0) is 14.4 Å². The van der Waals surface area contributed by atoms with Crippen LogP contribution in [0.2, 0.25) is 0 Å². The molecule has 1 heterocycles. The number of ether oxygens (including phenoxy) is 1. The zero-order valence-corrected chi connectivity index (χ0v) is 13.3. The molecule has 3 amide bonds. The summed E-state index contributed by atoms with van der Waals surface area (Å²) in [6.07, 6.45) is -0.166. The number of para-hydroxylation sites is 2. The van der Waals surface area contributed by atoms with E-state index in [4.69, 9.17) is 4.74 Å². The Hall–Kier alpha value is -2.57. The lowest BCUT2D eigenvalue weighted by atomic mass is 10.1. The minimum absolute atomic E-state index is 0.128. The minimum Gasteiger partial charge on any atom is -0.479 e. The molecule has 0 aromatic heterocycles. The molecule has 23 heavy (non-hydrogen) atoms. The quantitative estimate of drug-likeness (QED) is 0.796. The highest BCUT2D eigenvalue weighted by molar-refractivity contribution is 6.00. The van der Waals surface area contributed by atoms with E-state index in [0.29, 0.717) is 11.4 Å². The van der Waals surface area contributed by atoms with Gasteiger partial charge >= 0.3 is 0 Å². The van der Waals surface area contributed by atoms with Crippen LogP contribution in [0.5, 0.6) is 5.75 Å². The zero-order valence-electron chi connectivity index (χ0n) is 13.3. The van der Waals surface area contributed by atoms with Gasteiger partial charge in [0.2, 0.25) is 11.8 Å². The average molecular weight is 319 g/mol. The lowest BCUT2D eigenvalue weighted by Gasteiger charge is -2.32. The summed E-state index contributed by atoms with van der Waals surface area (Å²) in [7, 11) is 1.55. The van der Waals surface area contributed by atoms with Crippen molar-refractivity contribution in [1.29, 1.82) is 0 Å². The van der Waals surface area contributed by atoms with Gasteiger partial charge in [-0.05, 0) is 19.1 Å². The van der Waals surface area contributed by atoms with Gasteiger partial charge in [-0.15, -0.1) is 0 Å². The Morgan fingerprint density at radius 3 is 2.70 bits per heavy atom. The van der Waals surface area contributed by atoms with Gasteiger partial charge in [-0.1, -0.05) is 12.1 Å². The van der Waals surface area contributed by atoms with Crippen LogP contribution in [0.15, 0.2) is 24.3 Å². The molecule has 7 heteroatoms.